The van der Waals surface area contributed by atoms with E-state index in [9.17, 15) is 14.4 Å². The number of ketones is 2. The van der Waals surface area contributed by atoms with Crippen molar-refractivity contribution in [2.75, 3.05) is 25.1 Å². The fourth-order valence-corrected chi connectivity index (χ4v) is 8.53. The van der Waals surface area contributed by atoms with Gasteiger partial charge in [-0.25, -0.2) is 0 Å². The number of allylic oxidation sites excluding steroid dienone is 4. The number of hydrogen-bond acceptors (Lipinski definition) is 6. The molecule has 2 aliphatic carbocycles. The van der Waals surface area contributed by atoms with Crippen LogP contribution < -0.4 is 14.8 Å². The molecule has 0 unspecified atom stereocenters. The van der Waals surface area contributed by atoms with Crippen LogP contribution in [0.5, 0.6) is 11.5 Å². The number of nitrogens with zero attached hydrogens (tertiary/aromatic N) is 1. The van der Waals surface area contributed by atoms with Gasteiger partial charge in [0.15, 0.2) is 29.7 Å². The second-order valence-electron chi connectivity index (χ2n) is 15.4. The molecule has 0 saturated carbocycles. The van der Waals surface area contributed by atoms with Crippen molar-refractivity contribution in [1.82, 2.24) is 4.90 Å². The summed E-state index contributed by atoms with van der Waals surface area (Å²) in [5.74, 6) is 0.350. The molecule has 50 heavy (non-hydrogen) atoms. The second kappa shape index (κ2) is 14.4. The molecular weight excluding hydrogens is 739 g/mol. The molecule has 0 bridgehead atoms. The quantitative estimate of drug-likeness (QED) is 0.207. The van der Waals surface area contributed by atoms with Crippen LogP contribution in [0.3, 0.4) is 0 Å². The lowest BCUT2D eigenvalue weighted by Crippen LogP contribution is -2.45. The number of carbonyl (C=O) groups excluding carboxylic acids is 3. The van der Waals surface area contributed by atoms with Crippen LogP contribution in [0.2, 0.25) is 0 Å². The van der Waals surface area contributed by atoms with Crippen molar-refractivity contribution in [3.63, 3.8) is 0 Å². The van der Waals surface area contributed by atoms with Crippen molar-refractivity contribution in [1.29, 1.82) is 0 Å². The standard InChI is InChI=1S/C42H47IN2O5/c1-7-49-35-20-28(19-30(43)40(35)50-25-36(48)44-29-15-11-12-26(2)18-29)37-38-31(21-41(3,4)23-33(38)46)45(17-16-27-13-9-8-10-14-27)32-22-42(5,6)24-34(47)39(32)37/h8-15,18-20,37H,7,16-17,21-25H2,1-6H3,(H,44,48). The number of benzene rings is 3. The normalized spacial score (nSPS) is 18.5. The number of aryl methyl sites for hydroxylation is 1. The summed E-state index contributed by atoms with van der Waals surface area (Å²) >= 11 is 2.21. The van der Waals surface area contributed by atoms with Gasteiger partial charge in [-0.15, -0.1) is 0 Å². The Kier molecular flexibility index (Phi) is 10.3. The van der Waals surface area contributed by atoms with Gasteiger partial charge in [0.1, 0.15) is 0 Å². The Morgan fingerprint density at radius 2 is 1.50 bits per heavy atom. The third kappa shape index (κ3) is 7.70. The van der Waals surface area contributed by atoms with Crippen LogP contribution in [0, 0.1) is 21.3 Å². The predicted molar refractivity (Wildman–Crippen MR) is 205 cm³/mol. The summed E-state index contributed by atoms with van der Waals surface area (Å²) in [4.78, 5) is 43.9. The zero-order valence-electron chi connectivity index (χ0n) is 30.0. The van der Waals surface area contributed by atoms with E-state index in [1.54, 1.807) is 0 Å². The molecule has 3 aliphatic rings. The molecule has 3 aromatic carbocycles. The summed E-state index contributed by atoms with van der Waals surface area (Å²) in [5, 5.41) is 2.90. The minimum absolute atomic E-state index is 0.0938. The van der Waals surface area contributed by atoms with E-state index < -0.39 is 5.92 Å². The van der Waals surface area contributed by atoms with Crippen molar-refractivity contribution in [3.8, 4) is 11.5 Å². The summed E-state index contributed by atoms with van der Waals surface area (Å²) in [6.07, 6.45) is 3.14. The van der Waals surface area contributed by atoms with E-state index in [-0.39, 0.29) is 34.9 Å². The van der Waals surface area contributed by atoms with Gasteiger partial charge in [0.2, 0.25) is 0 Å². The van der Waals surface area contributed by atoms with Crippen LogP contribution in [-0.2, 0) is 20.8 Å². The third-order valence-electron chi connectivity index (χ3n) is 9.80. The van der Waals surface area contributed by atoms with E-state index in [1.165, 1.54) is 5.56 Å². The maximum Gasteiger partial charge on any atom is 0.262 e. The van der Waals surface area contributed by atoms with Gasteiger partial charge in [0.05, 0.1) is 10.2 Å². The summed E-state index contributed by atoms with van der Waals surface area (Å²) < 4.78 is 13.0. The number of amides is 1. The van der Waals surface area contributed by atoms with Crippen molar-refractivity contribution in [2.24, 2.45) is 10.8 Å². The predicted octanol–water partition coefficient (Wildman–Crippen LogP) is 8.94. The molecule has 0 atom stereocenters. The molecule has 0 fully saturated rings. The number of carbonyl (C=O) groups is 3. The number of halogens is 1. The van der Waals surface area contributed by atoms with Gasteiger partial charge in [-0.3, -0.25) is 14.4 Å². The fraction of sp³-hybridized carbons (Fsp3) is 0.405. The first kappa shape index (κ1) is 35.9. The van der Waals surface area contributed by atoms with Crippen LogP contribution >= 0.6 is 22.6 Å². The highest BCUT2D eigenvalue weighted by molar-refractivity contribution is 14.1. The van der Waals surface area contributed by atoms with Gasteiger partial charge in [0, 0.05) is 53.5 Å². The SMILES string of the molecule is CCOc1cc(C2C3=C(CC(C)(C)CC3=O)N(CCc3ccccc3)C3=C2C(=O)CC(C)(C)C3)cc(I)c1OCC(=O)Nc1cccc(C)c1. The largest absolute Gasteiger partial charge is 0.490 e. The monoisotopic (exact) mass is 786 g/mol. The minimum atomic E-state index is -0.508. The van der Waals surface area contributed by atoms with Gasteiger partial charge in [-0.05, 0) is 107 Å². The molecule has 6 rings (SSSR count). The van der Waals surface area contributed by atoms with Gasteiger partial charge in [-0.1, -0.05) is 70.2 Å². The molecule has 0 radical (unpaired) electrons. The first-order valence-electron chi connectivity index (χ1n) is 17.5. The summed E-state index contributed by atoms with van der Waals surface area (Å²) in [7, 11) is 0. The zero-order valence-corrected chi connectivity index (χ0v) is 32.1. The Morgan fingerprint density at radius 3 is 2.10 bits per heavy atom. The Balaban J connectivity index is 1.42. The average molecular weight is 787 g/mol. The van der Waals surface area contributed by atoms with Crippen molar-refractivity contribution >= 4 is 45.8 Å². The van der Waals surface area contributed by atoms with Gasteiger partial charge < -0.3 is 19.7 Å². The number of hydrogen-bond donors (Lipinski definition) is 1. The van der Waals surface area contributed by atoms with E-state index in [0.29, 0.717) is 43.2 Å². The van der Waals surface area contributed by atoms with Crippen molar-refractivity contribution in [2.45, 2.75) is 79.6 Å². The van der Waals surface area contributed by atoms with E-state index in [4.69, 9.17) is 9.47 Å². The smallest absolute Gasteiger partial charge is 0.262 e. The molecule has 7 nitrogen and oxygen atoms in total. The first-order chi connectivity index (χ1) is 23.7. The number of anilines is 1. The second-order valence-corrected chi connectivity index (χ2v) is 16.6. The van der Waals surface area contributed by atoms with Crippen LogP contribution in [-0.4, -0.2) is 42.1 Å². The highest BCUT2D eigenvalue weighted by Crippen LogP contribution is 2.55. The molecule has 8 heteroatoms. The molecule has 0 spiro atoms. The lowest BCUT2D eigenvalue weighted by atomic mass is 9.63. The maximum absolute atomic E-state index is 14.3. The third-order valence-corrected chi connectivity index (χ3v) is 10.6. The number of nitrogens with one attached hydrogen (secondary N) is 1. The topological polar surface area (TPSA) is 84.9 Å². The van der Waals surface area contributed by atoms with E-state index >= 15 is 0 Å². The van der Waals surface area contributed by atoms with E-state index in [2.05, 4.69) is 84.8 Å². The average Bonchev–Trinajstić information content (AvgIpc) is 3.02. The van der Waals surface area contributed by atoms with Gasteiger partial charge in [0.25, 0.3) is 5.91 Å². The van der Waals surface area contributed by atoms with Crippen molar-refractivity contribution in [3.05, 3.63) is 110 Å². The molecule has 1 aliphatic heterocycles. The van der Waals surface area contributed by atoms with Crippen LogP contribution in [0.15, 0.2) is 89.3 Å². The highest BCUT2D eigenvalue weighted by atomic mass is 127. The Hall–Kier alpha value is -3.92. The Labute approximate surface area is 309 Å². The van der Waals surface area contributed by atoms with Crippen molar-refractivity contribution < 1.29 is 23.9 Å². The minimum Gasteiger partial charge on any atom is -0.490 e. The first-order valence-corrected chi connectivity index (χ1v) is 18.6. The molecule has 0 saturated heterocycles. The molecule has 262 valence electrons. The molecular formula is C42H47IN2O5. The highest BCUT2D eigenvalue weighted by Gasteiger charge is 2.49. The summed E-state index contributed by atoms with van der Waals surface area (Å²) in [6, 6.07) is 21.9. The Morgan fingerprint density at radius 1 is 0.860 bits per heavy atom. The number of rotatable bonds is 10. The van der Waals surface area contributed by atoms with Crippen LogP contribution in [0.25, 0.3) is 0 Å². The van der Waals surface area contributed by atoms with Crippen LogP contribution in [0.1, 0.15) is 82.9 Å². The molecule has 1 heterocycles. The lowest BCUT2D eigenvalue weighted by Gasteiger charge is -2.49. The van der Waals surface area contributed by atoms with Gasteiger partial charge in [-0.2, -0.15) is 0 Å². The number of Topliss-reactive ketones (excluding diaryl/α,β-unsaturated/α-hetero) is 2. The lowest BCUT2D eigenvalue weighted by molar-refractivity contribution is -0.120. The summed E-state index contributed by atoms with van der Waals surface area (Å²) in [6.45, 7) is 13.4. The fourth-order valence-electron chi connectivity index (χ4n) is 7.75. The van der Waals surface area contributed by atoms with E-state index in [1.807, 2.05) is 56.3 Å². The maximum atomic E-state index is 14.3. The van der Waals surface area contributed by atoms with E-state index in [0.717, 1.165) is 56.5 Å². The van der Waals surface area contributed by atoms with Crippen LogP contribution in [0.4, 0.5) is 5.69 Å². The zero-order chi connectivity index (χ0) is 35.8. The molecule has 3 aromatic rings. The molecule has 1 amide bonds. The molecule has 1 N–H and O–H groups in total. The number of ether oxygens (including phenoxy) is 2. The molecule has 0 aromatic heterocycles. The Bertz CT molecular complexity index is 1840. The van der Waals surface area contributed by atoms with Gasteiger partial charge >= 0.3 is 0 Å². The summed E-state index contributed by atoms with van der Waals surface area (Å²) in [5.41, 5.74) is 6.93.